The van der Waals surface area contributed by atoms with Gasteiger partial charge in [-0.2, -0.15) is 0 Å². The number of aromatic nitrogens is 1. The van der Waals surface area contributed by atoms with E-state index in [0.717, 1.165) is 91.0 Å². The topological polar surface area (TPSA) is 54.9 Å². The first-order chi connectivity index (χ1) is 16.1. The number of nitrogens with zero attached hydrogens (tertiary/aromatic N) is 3. The van der Waals surface area contributed by atoms with Gasteiger partial charge in [-0.3, -0.25) is 14.6 Å². The van der Waals surface area contributed by atoms with Crippen LogP contribution in [0.2, 0.25) is 0 Å². The molecule has 2 aromatic rings. The van der Waals surface area contributed by atoms with Crippen molar-refractivity contribution >= 4 is 32.6 Å². The Morgan fingerprint density at radius 2 is 1.88 bits per heavy atom. The highest BCUT2D eigenvalue weighted by Gasteiger charge is 2.56. The second-order valence-corrected chi connectivity index (χ2v) is 11.7. The van der Waals surface area contributed by atoms with Crippen molar-refractivity contribution in [3.05, 3.63) is 18.2 Å². The van der Waals surface area contributed by atoms with Gasteiger partial charge in [0.25, 0.3) is 0 Å². The van der Waals surface area contributed by atoms with Crippen molar-refractivity contribution < 1.29 is 14.3 Å². The van der Waals surface area contributed by atoms with Gasteiger partial charge in [0.05, 0.1) is 35.5 Å². The molecular weight excluding hydrogens is 434 g/mol. The van der Waals surface area contributed by atoms with Crippen LogP contribution in [0.1, 0.15) is 45.4 Å². The summed E-state index contributed by atoms with van der Waals surface area (Å²) in [6.07, 6.45) is 7.31. The first kappa shape index (κ1) is 21.8. The van der Waals surface area contributed by atoms with Gasteiger partial charge in [-0.25, -0.2) is 4.98 Å². The molecule has 5 aliphatic rings. The summed E-state index contributed by atoms with van der Waals surface area (Å²) in [6.45, 7) is 7.68. The molecule has 0 unspecified atom stereocenters. The number of benzene rings is 1. The molecule has 4 bridgehead atoms. The van der Waals surface area contributed by atoms with Crippen LogP contribution in [0.15, 0.2) is 18.2 Å². The Bertz CT molecular complexity index is 980. The molecule has 0 radical (unpaired) electrons. The fourth-order valence-electron chi connectivity index (χ4n) is 7.27. The fourth-order valence-corrected chi connectivity index (χ4v) is 8.29. The molecule has 0 N–H and O–H groups in total. The first-order valence-electron chi connectivity index (χ1n) is 12.8. The lowest BCUT2D eigenvalue weighted by molar-refractivity contribution is -0.143. The summed E-state index contributed by atoms with van der Waals surface area (Å²) in [6, 6.07) is 6.07. The second-order valence-electron chi connectivity index (χ2n) is 10.7. The maximum atomic E-state index is 14.3. The van der Waals surface area contributed by atoms with E-state index in [4.69, 9.17) is 14.5 Å². The lowest BCUT2D eigenvalue weighted by Crippen LogP contribution is -2.56. The van der Waals surface area contributed by atoms with Crippen LogP contribution in [-0.4, -0.2) is 61.8 Å². The maximum Gasteiger partial charge on any atom is 0.235 e. The second kappa shape index (κ2) is 8.82. The van der Waals surface area contributed by atoms with Crippen LogP contribution in [0.5, 0.6) is 5.75 Å². The van der Waals surface area contributed by atoms with E-state index in [9.17, 15) is 4.79 Å². The molecule has 2 heterocycles. The van der Waals surface area contributed by atoms with Crippen LogP contribution in [0.3, 0.4) is 0 Å². The number of morpholine rings is 1. The molecule has 178 valence electrons. The number of rotatable bonds is 7. The van der Waals surface area contributed by atoms with Gasteiger partial charge in [-0.05, 0) is 81.4 Å². The molecule has 7 heteroatoms. The van der Waals surface area contributed by atoms with Crippen molar-refractivity contribution in [2.45, 2.75) is 45.4 Å². The largest absolute Gasteiger partial charge is 0.494 e. The van der Waals surface area contributed by atoms with E-state index in [1.807, 2.05) is 19.1 Å². The highest BCUT2D eigenvalue weighted by atomic mass is 32.1. The Labute approximate surface area is 200 Å². The smallest absolute Gasteiger partial charge is 0.235 e. The predicted molar refractivity (Wildman–Crippen MR) is 131 cm³/mol. The number of carbonyl (C=O) groups excluding carboxylic acids is 1. The fraction of sp³-hybridized carbons (Fsp3) is 0.692. The minimum atomic E-state index is -0.159. The Kier molecular flexibility index (Phi) is 5.83. The summed E-state index contributed by atoms with van der Waals surface area (Å²) in [5, 5.41) is 0.854. The van der Waals surface area contributed by atoms with E-state index in [2.05, 4.69) is 15.9 Å². The summed E-state index contributed by atoms with van der Waals surface area (Å²) in [7, 11) is 0. The highest BCUT2D eigenvalue weighted by molar-refractivity contribution is 7.22. The molecule has 1 aromatic heterocycles. The normalized spacial score (nSPS) is 31.2. The number of amides is 1. The Morgan fingerprint density at radius 1 is 1.18 bits per heavy atom. The quantitative estimate of drug-likeness (QED) is 0.594. The average molecular weight is 470 g/mol. The molecule has 6 nitrogen and oxygen atoms in total. The van der Waals surface area contributed by atoms with Crippen LogP contribution >= 0.6 is 11.3 Å². The zero-order valence-corrected chi connectivity index (χ0v) is 20.4. The van der Waals surface area contributed by atoms with Crippen molar-refractivity contribution in [3.63, 3.8) is 0 Å². The molecule has 1 saturated heterocycles. The molecular formula is C26H35N3O3S. The van der Waals surface area contributed by atoms with E-state index < -0.39 is 0 Å². The minimum absolute atomic E-state index is 0.159. The molecule has 0 atom stereocenters. The zero-order chi connectivity index (χ0) is 22.4. The third kappa shape index (κ3) is 4.17. The van der Waals surface area contributed by atoms with Crippen molar-refractivity contribution in [1.29, 1.82) is 0 Å². The van der Waals surface area contributed by atoms with Crippen molar-refractivity contribution in [2.75, 3.05) is 50.9 Å². The Balaban J connectivity index is 1.30. The molecule has 0 spiro atoms. The average Bonchev–Trinajstić information content (AvgIpc) is 3.22. The molecule has 1 amide bonds. The van der Waals surface area contributed by atoms with Gasteiger partial charge in [0.15, 0.2) is 5.13 Å². The van der Waals surface area contributed by atoms with Crippen LogP contribution in [0.25, 0.3) is 10.2 Å². The Morgan fingerprint density at radius 3 is 2.55 bits per heavy atom. The summed E-state index contributed by atoms with van der Waals surface area (Å²) in [4.78, 5) is 23.8. The Hall–Kier alpha value is -1.70. The van der Waals surface area contributed by atoms with Gasteiger partial charge in [-0.15, -0.1) is 0 Å². The number of fused-ring (bicyclic) bond motifs is 1. The monoisotopic (exact) mass is 469 g/mol. The van der Waals surface area contributed by atoms with Gasteiger partial charge < -0.3 is 9.47 Å². The molecule has 5 fully saturated rings. The molecule has 1 aromatic carbocycles. The van der Waals surface area contributed by atoms with Crippen molar-refractivity contribution in [3.8, 4) is 5.75 Å². The van der Waals surface area contributed by atoms with E-state index in [1.165, 1.54) is 19.3 Å². The predicted octanol–water partition coefficient (Wildman–Crippen LogP) is 4.58. The first-order valence-corrected chi connectivity index (χ1v) is 13.6. The number of ether oxygens (including phenoxy) is 2. The van der Waals surface area contributed by atoms with E-state index in [0.29, 0.717) is 19.1 Å². The van der Waals surface area contributed by atoms with Gasteiger partial charge in [0.1, 0.15) is 5.75 Å². The van der Waals surface area contributed by atoms with E-state index in [-0.39, 0.29) is 5.41 Å². The van der Waals surface area contributed by atoms with E-state index >= 15 is 0 Å². The summed E-state index contributed by atoms with van der Waals surface area (Å²) in [5.74, 6) is 3.48. The van der Waals surface area contributed by atoms with Gasteiger partial charge in [0, 0.05) is 26.2 Å². The van der Waals surface area contributed by atoms with Crippen LogP contribution < -0.4 is 9.64 Å². The summed E-state index contributed by atoms with van der Waals surface area (Å²) < 4.78 is 12.3. The SMILES string of the molecule is CCOc1ccc2nc(N(CCN3CCOCC3)C(=O)C34CC5CC(CC(C5)C3)C4)sc2c1. The zero-order valence-electron chi connectivity index (χ0n) is 19.6. The van der Waals surface area contributed by atoms with Gasteiger partial charge in [-0.1, -0.05) is 11.3 Å². The highest BCUT2D eigenvalue weighted by Crippen LogP contribution is 2.60. The standard InChI is InChI=1S/C26H35N3O3S/c1-2-32-21-3-4-22-23(14-21)33-25(27-22)29(6-5-28-7-9-31-10-8-28)24(30)26-15-18-11-19(16-26)13-20(12-18)17-26/h3-4,14,18-20H,2,5-13,15-17H2,1H3. The molecule has 4 saturated carbocycles. The van der Waals surface area contributed by atoms with Crippen LogP contribution in [0, 0.1) is 23.2 Å². The summed E-state index contributed by atoms with van der Waals surface area (Å²) in [5.41, 5.74) is 0.793. The third-order valence-corrected chi connectivity index (χ3v) is 9.41. The minimum Gasteiger partial charge on any atom is -0.494 e. The van der Waals surface area contributed by atoms with E-state index in [1.54, 1.807) is 11.3 Å². The van der Waals surface area contributed by atoms with Crippen molar-refractivity contribution in [1.82, 2.24) is 9.88 Å². The lowest BCUT2D eigenvalue weighted by Gasteiger charge is -2.56. The van der Waals surface area contributed by atoms with Gasteiger partial charge in [0.2, 0.25) is 5.91 Å². The number of hydrogen-bond acceptors (Lipinski definition) is 6. The number of carbonyl (C=O) groups is 1. The molecule has 4 aliphatic carbocycles. The van der Waals surface area contributed by atoms with Crippen LogP contribution in [-0.2, 0) is 9.53 Å². The maximum absolute atomic E-state index is 14.3. The molecule has 7 rings (SSSR count). The number of hydrogen-bond donors (Lipinski definition) is 0. The van der Waals surface area contributed by atoms with Crippen molar-refractivity contribution in [2.24, 2.45) is 23.2 Å². The number of anilines is 1. The van der Waals surface area contributed by atoms with Gasteiger partial charge >= 0.3 is 0 Å². The third-order valence-electron chi connectivity index (χ3n) is 8.37. The molecule has 33 heavy (non-hydrogen) atoms. The lowest BCUT2D eigenvalue weighted by atomic mass is 9.49. The number of thiazole rings is 1. The van der Waals surface area contributed by atoms with Crippen LogP contribution in [0.4, 0.5) is 5.13 Å². The molecule has 1 aliphatic heterocycles. The summed E-state index contributed by atoms with van der Waals surface area (Å²) >= 11 is 1.64.